The number of rotatable bonds is 1. The van der Waals surface area contributed by atoms with Crippen molar-refractivity contribution in [2.75, 3.05) is 0 Å². The molecule has 0 amide bonds. The highest BCUT2D eigenvalue weighted by Crippen LogP contribution is 1.98. The number of ketones is 1. The van der Waals surface area contributed by atoms with Crippen molar-refractivity contribution in [2.45, 2.75) is 13.3 Å². The number of Topliss-reactive ketones (excluding diaryl/α,β-unsaturated/α-hetero) is 1. The summed E-state index contributed by atoms with van der Waals surface area (Å²) in [6.07, 6.45) is 0.721. The summed E-state index contributed by atoms with van der Waals surface area (Å²) in [5.74, 6) is 5.21. The maximum Gasteiger partial charge on any atom is 0.235 e. The first kappa shape index (κ1) is 8.55. The van der Waals surface area contributed by atoms with E-state index in [1.165, 1.54) is 0 Å². The zero-order valence-corrected chi connectivity index (χ0v) is 7.00. The number of hydrogen-bond donors (Lipinski definition) is 0. The largest absolute Gasteiger partial charge is 0.279 e. The minimum atomic E-state index is -0.0996. The van der Waals surface area contributed by atoms with Crippen LogP contribution in [0.25, 0.3) is 0 Å². The van der Waals surface area contributed by atoms with Crippen LogP contribution in [0.15, 0.2) is 30.3 Å². The predicted octanol–water partition coefficient (Wildman–Crippen LogP) is 2.28. The third kappa shape index (κ3) is 2.25. The van der Waals surface area contributed by atoms with Gasteiger partial charge in [-0.1, -0.05) is 43.2 Å². The van der Waals surface area contributed by atoms with Crippen LogP contribution in [-0.4, -0.2) is 5.78 Å². The Morgan fingerprint density at radius 3 is 2.58 bits per heavy atom. The lowest BCUT2D eigenvalue weighted by molar-refractivity contribution is 0.105. The second kappa shape index (κ2) is 4.35. The van der Waals surface area contributed by atoms with Crippen LogP contribution in [0.4, 0.5) is 0 Å². The van der Waals surface area contributed by atoms with Crippen molar-refractivity contribution in [3.63, 3.8) is 0 Å². The Kier molecular flexibility index (Phi) is 3.10. The van der Waals surface area contributed by atoms with Gasteiger partial charge in [-0.15, -0.1) is 0 Å². The van der Waals surface area contributed by atoms with E-state index in [4.69, 9.17) is 0 Å². The molecule has 0 aliphatic rings. The summed E-state index contributed by atoms with van der Waals surface area (Å²) in [4.78, 5) is 11.2. The Balaban J connectivity index is 2.79. The minimum Gasteiger partial charge on any atom is -0.279 e. The van der Waals surface area contributed by atoms with Gasteiger partial charge in [0.2, 0.25) is 5.78 Å². The normalized spacial score (nSPS) is 8.42. The number of carbonyl (C=O) groups excluding carboxylic acids is 1. The number of benzene rings is 1. The molecule has 1 nitrogen and oxygen atoms in total. The van der Waals surface area contributed by atoms with Gasteiger partial charge in [-0.25, -0.2) is 0 Å². The molecule has 0 saturated heterocycles. The fourth-order valence-corrected chi connectivity index (χ4v) is 0.830. The molecule has 1 rings (SSSR count). The van der Waals surface area contributed by atoms with Gasteiger partial charge >= 0.3 is 0 Å². The maximum atomic E-state index is 11.2. The van der Waals surface area contributed by atoms with Crippen LogP contribution in [0.5, 0.6) is 0 Å². The third-order valence-electron chi connectivity index (χ3n) is 1.41. The molecule has 0 unspecified atom stereocenters. The van der Waals surface area contributed by atoms with Gasteiger partial charge in [0.05, 0.1) is 0 Å². The molecule has 60 valence electrons. The quantitative estimate of drug-likeness (QED) is 0.348. The van der Waals surface area contributed by atoms with E-state index >= 15 is 0 Å². The van der Waals surface area contributed by atoms with Crippen LogP contribution >= 0.6 is 0 Å². The van der Waals surface area contributed by atoms with E-state index in [1.54, 1.807) is 12.1 Å². The fourth-order valence-electron chi connectivity index (χ4n) is 0.830. The van der Waals surface area contributed by atoms with Crippen LogP contribution < -0.4 is 0 Å². The van der Waals surface area contributed by atoms with Crippen LogP contribution in [0.2, 0.25) is 0 Å². The average Bonchev–Trinajstić information content (AvgIpc) is 2.15. The van der Waals surface area contributed by atoms with Crippen LogP contribution in [-0.2, 0) is 0 Å². The highest BCUT2D eigenvalue weighted by atomic mass is 16.1. The molecule has 0 saturated carbocycles. The van der Waals surface area contributed by atoms with Crippen molar-refractivity contribution in [3.8, 4) is 11.8 Å². The molecule has 0 aromatic heterocycles. The van der Waals surface area contributed by atoms with Gasteiger partial charge in [0, 0.05) is 12.0 Å². The second-order valence-electron chi connectivity index (χ2n) is 2.35. The smallest absolute Gasteiger partial charge is 0.235 e. The van der Waals surface area contributed by atoms with Crippen LogP contribution in [0, 0.1) is 11.8 Å². The van der Waals surface area contributed by atoms with E-state index < -0.39 is 0 Å². The van der Waals surface area contributed by atoms with Gasteiger partial charge in [0.1, 0.15) is 0 Å². The molecule has 0 aliphatic heterocycles. The molecule has 0 N–H and O–H groups in total. The Morgan fingerprint density at radius 1 is 1.33 bits per heavy atom. The standard InChI is InChI=1S/C11H10O/c1-2-3-9-11(12)10-7-5-4-6-8-10/h4-8H,2H2,1H3. The summed E-state index contributed by atoms with van der Waals surface area (Å²) in [6, 6.07) is 9.09. The summed E-state index contributed by atoms with van der Waals surface area (Å²) in [7, 11) is 0. The first-order valence-corrected chi connectivity index (χ1v) is 3.93. The van der Waals surface area contributed by atoms with Gasteiger partial charge < -0.3 is 0 Å². The van der Waals surface area contributed by atoms with Gasteiger partial charge in [-0.2, -0.15) is 0 Å². The second-order valence-corrected chi connectivity index (χ2v) is 2.35. The van der Waals surface area contributed by atoms with E-state index in [0.717, 1.165) is 6.42 Å². The summed E-state index contributed by atoms with van der Waals surface area (Å²) in [6.45, 7) is 1.92. The molecule has 0 atom stereocenters. The van der Waals surface area contributed by atoms with Gasteiger partial charge in [-0.05, 0) is 5.92 Å². The van der Waals surface area contributed by atoms with E-state index in [9.17, 15) is 4.79 Å². The van der Waals surface area contributed by atoms with Crippen molar-refractivity contribution in [2.24, 2.45) is 0 Å². The fraction of sp³-hybridized carbons (Fsp3) is 0.182. The van der Waals surface area contributed by atoms with Crippen molar-refractivity contribution in [3.05, 3.63) is 35.9 Å². The van der Waals surface area contributed by atoms with Crippen LogP contribution in [0.3, 0.4) is 0 Å². The summed E-state index contributed by atoms with van der Waals surface area (Å²) < 4.78 is 0. The molecule has 0 heterocycles. The molecule has 0 bridgehead atoms. The molecular formula is C11H10O. The van der Waals surface area contributed by atoms with E-state index in [-0.39, 0.29) is 5.78 Å². The lowest BCUT2D eigenvalue weighted by Crippen LogP contribution is -1.93. The summed E-state index contributed by atoms with van der Waals surface area (Å²) in [5.41, 5.74) is 0.665. The van der Waals surface area contributed by atoms with Crippen molar-refractivity contribution in [1.82, 2.24) is 0 Å². The highest BCUT2D eigenvalue weighted by molar-refractivity contribution is 6.08. The Labute approximate surface area is 72.4 Å². The molecule has 1 aromatic carbocycles. The van der Waals surface area contributed by atoms with Gasteiger partial charge in [-0.3, -0.25) is 4.79 Å². The molecular weight excluding hydrogens is 148 g/mol. The van der Waals surface area contributed by atoms with E-state index in [0.29, 0.717) is 5.56 Å². The first-order valence-electron chi connectivity index (χ1n) is 3.93. The molecule has 0 radical (unpaired) electrons. The average molecular weight is 158 g/mol. The molecule has 0 aliphatic carbocycles. The highest BCUT2D eigenvalue weighted by Gasteiger charge is 1.97. The van der Waals surface area contributed by atoms with Crippen molar-refractivity contribution >= 4 is 5.78 Å². The topological polar surface area (TPSA) is 17.1 Å². The van der Waals surface area contributed by atoms with E-state index in [1.807, 2.05) is 25.1 Å². The first-order chi connectivity index (χ1) is 5.84. The lowest BCUT2D eigenvalue weighted by Gasteiger charge is -1.89. The third-order valence-corrected chi connectivity index (χ3v) is 1.41. The molecule has 12 heavy (non-hydrogen) atoms. The summed E-state index contributed by atoms with van der Waals surface area (Å²) in [5, 5.41) is 0. The summed E-state index contributed by atoms with van der Waals surface area (Å²) >= 11 is 0. The Bertz CT molecular complexity index is 314. The Hall–Kier alpha value is -1.55. The van der Waals surface area contributed by atoms with Gasteiger partial charge in [0.15, 0.2) is 0 Å². The zero-order chi connectivity index (χ0) is 8.81. The van der Waals surface area contributed by atoms with Crippen molar-refractivity contribution < 1.29 is 4.79 Å². The van der Waals surface area contributed by atoms with E-state index in [2.05, 4.69) is 11.8 Å². The monoisotopic (exact) mass is 158 g/mol. The van der Waals surface area contributed by atoms with Gasteiger partial charge in [0.25, 0.3) is 0 Å². The molecule has 0 fully saturated rings. The maximum absolute atomic E-state index is 11.2. The SMILES string of the molecule is CCC#CC(=O)c1ccccc1. The Morgan fingerprint density at radius 2 is 2.00 bits per heavy atom. The van der Waals surface area contributed by atoms with Crippen molar-refractivity contribution in [1.29, 1.82) is 0 Å². The lowest BCUT2D eigenvalue weighted by atomic mass is 10.1. The molecule has 0 spiro atoms. The van der Waals surface area contributed by atoms with Crippen LogP contribution in [0.1, 0.15) is 23.7 Å². The number of carbonyl (C=O) groups is 1. The molecule has 1 aromatic rings. The predicted molar refractivity (Wildman–Crippen MR) is 48.8 cm³/mol. The number of hydrogen-bond acceptors (Lipinski definition) is 1. The molecule has 1 heteroatoms. The minimum absolute atomic E-state index is 0.0996. The zero-order valence-electron chi connectivity index (χ0n) is 7.00.